The van der Waals surface area contributed by atoms with Gasteiger partial charge in [-0.2, -0.15) is 0 Å². The van der Waals surface area contributed by atoms with Crippen molar-refractivity contribution in [1.82, 2.24) is 4.98 Å². The molecule has 0 aliphatic rings. The summed E-state index contributed by atoms with van der Waals surface area (Å²) in [5, 5.41) is 19.3. The van der Waals surface area contributed by atoms with Crippen LogP contribution in [0.2, 0.25) is 0 Å². The van der Waals surface area contributed by atoms with Crippen molar-refractivity contribution >= 4 is 34.5 Å². The number of rotatable bonds is 3. The van der Waals surface area contributed by atoms with Crippen LogP contribution in [0.25, 0.3) is 0 Å². The number of ether oxygens (including phenoxy) is 1. The van der Waals surface area contributed by atoms with Crippen LogP contribution in [-0.4, -0.2) is 44.4 Å². The van der Waals surface area contributed by atoms with Crippen molar-refractivity contribution in [3.8, 4) is 0 Å². The minimum Gasteiger partial charge on any atom is -0.480 e. The lowest BCUT2D eigenvalue weighted by atomic mass is 10.1. The summed E-state index contributed by atoms with van der Waals surface area (Å²) in [7, 11) is 0. The van der Waals surface area contributed by atoms with Crippen molar-refractivity contribution in [1.29, 1.82) is 0 Å². The van der Waals surface area contributed by atoms with Crippen LogP contribution in [0.15, 0.2) is 6.20 Å². The van der Waals surface area contributed by atoms with E-state index >= 15 is 0 Å². The van der Waals surface area contributed by atoms with Crippen LogP contribution in [0.1, 0.15) is 44.3 Å². The number of nitrogens with two attached hydrogens (primary N) is 1. The van der Waals surface area contributed by atoms with Crippen molar-refractivity contribution in [2.75, 3.05) is 5.32 Å². The van der Waals surface area contributed by atoms with Gasteiger partial charge >= 0.3 is 18.0 Å². The molecular weight excluding hydrogens is 326 g/mol. The topological polar surface area (TPSA) is 152 Å². The average molecular weight is 347 g/mol. The zero-order valence-corrected chi connectivity index (χ0v) is 14.4. The van der Waals surface area contributed by atoms with Gasteiger partial charge in [-0.15, -0.1) is 0 Å². The summed E-state index contributed by atoms with van der Waals surface area (Å²) >= 11 is 0.873. The molecule has 0 bridgehead atoms. The van der Waals surface area contributed by atoms with Gasteiger partial charge in [0.25, 0.3) is 0 Å². The fourth-order valence-electron chi connectivity index (χ4n) is 0.822. The highest BCUT2D eigenvalue weighted by atomic mass is 32.1. The van der Waals surface area contributed by atoms with Crippen molar-refractivity contribution in [2.45, 2.75) is 45.8 Å². The summed E-state index contributed by atoms with van der Waals surface area (Å²) in [6, 6.07) is 0. The van der Waals surface area contributed by atoms with E-state index < -0.39 is 29.2 Å². The highest BCUT2D eigenvalue weighted by molar-refractivity contribution is 7.17. The summed E-state index contributed by atoms with van der Waals surface area (Å²) in [6.45, 7) is 8.08. The van der Waals surface area contributed by atoms with E-state index in [1.165, 1.54) is 20.0 Å². The van der Waals surface area contributed by atoms with Crippen LogP contribution in [-0.2, 0) is 9.53 Å². The Bertz CT molecular complexity index is 571. The van der Waals surface area contributed by atoms with Gasteiger partial charge in [0.05, 0.1) is 6.20 Å². The number of aromatic carboxylic acids is 1. The molecule has 0 aliphatic carbocycles. The molecular formula is C13H21N3O6S. The van der Waals surface area contributed by atoms with Crippen molar-refractivity contribution in [3.05, 3.63) is 11.1 Å². The molecule has 0 aliphatic heterocycles. The number of hydrogen-bond acceptors (Lipinski definition) is 7. The summed E-state index contributed by atoms with van der Waals surface area (Å²) in [5.41, 5.74) is 3.40. The largest absolute Gasteiger partial charge is 0.480 e. The molecule has 1 aromatic heterocycles. The molecule has 1 aromatic rings. The number of carboxylic acid groups (broad SMARTS) is 2. The summed E-state index contributed by atoms with van der Waals surface area (Å²) in [5.74, 6) is -2.05. The lowest BCUT2D eigenvalue weighted by Gasteiger charge is -2.18. The molecule has 0 saturated carbocycles. The number of aliphatic carboxylic acids is 1. The van der Waals surface area contributed by atoms with E-state index in [1.54, 1.807) is 20.8 Å². The quantitative estimate of drug-likeness (QED) is 0.648. The van der Waals surface area contributed by atoms with Gasteiger partial charge in [-0.05, 0) is 34.6 Å². The van der Waals surface area contributed by atoms with Gasteiger partial charge in [-0.1, -0.05) is 11.3 Å². The van der Waals surface area contributed by atoms with E-state index in [9.17, 15) is 14.4 Å². The molecule has 1 amide bonds. The first-order chi connectivity index (χ1) is 10.2. The molecule has 5 N–H and O–H groups in total. The maximum atomic E-state index is 11.3. The van der Waals surface area contributed by atoms with Gasteiger partial charge in [0.1, 0.15) is 16.0 Å². The number of thiazole rings is 1. The predicted molar refractivity (Wildman–Crippen MR) is 84.8 cm³/mol. The Morgan fingerprint density at radius 1 is 1.22 bits per heavy atom. The molecule has 0 radical (unpaired) electrons. The van der Waals surface area contributed by atoms with Crippen LogP contribution in [0.4, 0.5) is 9.93 Å². The first-order valence-corrected chi connectivity index (χ1v) is 7.25. The molecule has 0 fully saturated rings. The molecule has 0 unspecified atom stereocenters. The SMILES string of the molecule is CC(C)(C)OC(=O)Nc1ncc(C(=O)O)s1.CC(C)(N)C(=O)O. The summed E-state index contributed by atoms with van der Waals surface area (Å²) in [4.78, 5) is 35.5. The summed E-state index contributed by atoms with van der Waals surface area (Å²) in [6.07, 6.45) is 0.526. The number of anilines is 1. The number of hydrogen-bond donors (Lipinski definition) is 4. The number of carboxylic acids is 2. The Kier molecular flexibility index (Phi) is 7.13. The first-order valence-electron chi connectivity index (χ1n) is 6.44. The van der Waals surface area contributed by atoms with E-state index in [0.717, 1.165) is 11.3 Å². The molecule has 0 aromatic carbocycles. The fraction of sp³-hybridized carbons (Fsp3) is 0.538. The van der Waals surface area contributed by atoms with Crippen LogP contribution >= 0.6 is 11.3 Å². The second kappa shape index (κ2) is 7.88. The van der Waals surface area contributed by atoms with Crippen molar-refractivity contribution in [2.24, 2.45) is 5.73 Å². The van der Waals surface area contributed by atoms with E-state index in [2.05, 4.69) is 10.3 Å². The van der Waals surface area contributed by atoms with Crippen molar-refractivity contribution in [3.63, 3.8) is 0 Å². The van der Waals surface area contributed by atoms with Crippen LogP contribution in [0, 0.1) is 0 Å². The molecule has 9 nitrogen and oxygen atoms in total. The third-order valence-electron chi connectivity index (χ3n) is 1.88. The van der Waals surface area contributed by atoms with Gasteiger partial charge in [0, 0.05) is 0 Å². The maximum Gasteiger partial charge on any atom is 0.413 e. The molecule has 23 heavy (non-hydrogen) atoms. The Hall–Kier alpha value is -2.20. The van der Waals surface area contributed by atoms with E-state index in [1.807, 2.05) is 0 Å². The molecule has 0 saturated heterocycles. The second-order valence-corrected chi connectivity index (χ2v) is 7.02. The standard InChI is InChI=1S/C9H12N2O4S.C4H9NO2/c1-9(2,3)15-8(14)11-7-10-4-5(16-7)6(12)13;1-4(2,5)3(6)7/h4H,1-3H3,(H,12,13)(H,10,11,14);5H2,1-2H3,(H,6,7). The first kappa shape index (κ1) is 20.8. The highest BCUT2D eigenvalue weighted by Crippen LogP contribution is 2.18. The van der Waals surface area contributed by atoms with Gasteiger partial charge in [-0.25, -0.2) is 14.6 Å². The third kappa shape index (κ3) is 9.42. The van der Waals surface area contributed by atoms with E-state index in [4.69, 9.17) is 20.7 Å². The molecule has 0 atom stereocenters. The Morgan fingerprint density at radius 2 is 1.70 bits per heavy atom. The van der Waals surface area contributed by atoms with Crippen molar-refractivity contribution < 1.29 is 29.3 Å². The van der Waals surface area contributed by atoms with Crippen LogP contribution in [0.3, 0.4) is 0 Å². The number of aromatic nitrogens is 1. The van der Waals surface area contributed by atoms with E-state index in [-0.39, 0.29) is 10.0 Å². The lowest BCUT2D eigenvalue weighted by molar-refractivity contribution is -0.141. The monoisotopic (exact) mass is 347 g/mol. The molecule has 10 heteroatoms. The minimum absolute atomic E-state index is 0.0612. The molecule has 0 spiro atoms. The number of carbonyl (C=O) groups is 3. The lowest BCUT2D eigenvalue weighted by Crippen LogP contribution is -2.41. The Labute approximate surface area is 137 Å². The minimum atomic E-state index is -1.08. The highest BCUT2D eigenvalue weighted by Gasteiger charge is 2.19. The zero-order valence-electron chi connectivity index (χ0n) is 13.5. The summed E-state index contributed by atoms with van der Waals surface area (Å²) < 4.78 is 4.98. The van der Waals surface area contributed by atoms with Crippen LogP contribution in [0.5, 0.6) is 0 Å². The predicted octanol–water partition coefficient (Wildman–Crippen LogP) is 2.00. The zero-order chi connectivity index (χ0) is 18.4. The number of carbonyl (C=O) groups excluding carboxylic acids is 1. The average Bonchev–Trinajstić information content (AvgIpc) is 2.74. The number of amides is 1. The second-order valence-electron chi connectivity index (χ2n) is 5.99. The normalized spacial score (nSPS) is 11.0. The molecule has 1 heterocycles. The number of nitrogens with one attached hydrogen (secondary N) is 1. The van der Waals surface area contributed by atoms with Gasteiger partial charge in [-0.3, -0.25) is 10.1 Å². The van der Waals surface area contributed by atoms with E-state index in [0.29, 0.717) is 0 Å². The number of nitrogens with zero attached hydrogens (tertiary/aromatic N) is 1. The maximum absolute atomic E-state index is 11.3. The van der Waals surface area contributed by atoms with Gasteiger partial charge < -0.3 is 20.7 Å². The Morgan fingerprint density at radius 3 is 2.00 bits per heavy atom. The smallest absolute Gasteiger partial charge is 0.413 e. The Balaban J connectivity index is 0.000000585. The van der Waals surface area contributed by atoms with Crippen LogP contribution < -0.4 is 11.1 Å². The molecule has 1 rings (SSSR count). The van der Waals surface area contributed by atoms with Gasteiger partial charge in [0.2, 0.25) is 0 Å². The third-order valence-corrected chi connectivity index (χ3v) is 2.78. The molecule has 130 valence electrons. The van der Waals surface area contributed by atoms with Gasteiger partial charge in [0.15, 0.2) is 5.13 Å². The fourth-order valence-corrected chi connectivity index (χ4v) is 1.46.